The fourth-order valence-electron chi connectivity index (χ4n) is 1.74. The number of hydrogen-bond acceptors (Lipinski definition) is 4. The van der Waals surface area contributed by atoms with Gasteiger partial charge in [-0.3, -0.25) is 4.98 Å². The van der Waals surface area contributed by atoms with Crippen LogP contribution >= 0.6 is 0 Å². The molecule has 2 heterocycles. The van der Waals surface area contributed by atoms with Crippen molar-refractivity contribution < 1.29 is 4.74 Å². The fourth-order valence-corrected chi connectivity index (χ4v) is 1.74. The highest BCUT2D eigenvalue weighted by Gasteiger charge is 2.08. The summed E-state index contributed by atoms with van der Waals surface area (Å²) in [5.74, 6) is 0.930. The second-order valence-electron chi connectivity index (χ2n) is 3.48. The maximum atomic E-state index is 5.41. The van der Waals surface area contributed by atoms with Gasteiger partial charge in [-0.1, -0.05) is 0 Å². The van der Waals surface area contributed by atoms with E-state index in [1.807, 2.05) is 6.07 Å². The molecule has 0 aliphatic heterocycles. The molecule has 5 nitrogen and oxygen atoms in total. The predicted octanol–water partition coefficient (Wildman–Crippen LogP) is 0.926. The van der Waals surface area contributed by atoms with Gasteiger partial charge in [-0.2, -0.15) is 0 Å². The minimum Gasteiger partial charge on any atom is -0.372 e. The summed E-state index contributed by atoms with van der Waals surface area (Å²) in [4.78, 5) is 8.55. The Hall–Kier alpha value is -1.46. The van der Waals surface area contributed by atoms with E-state index in [4.69, 9.17) is 10.5 Å². The summed E-state index contributed by atoms with van der Waals surface area (Å²) in [5, 5.41) is 0. The van der Waals surface area contributed by atoms with E-state index in [1.54, 1.807) is 12.4 Å². The maximum absolute atomic E-state index is 5.41. The lowest BCUT2D eigenvalue weighted by atomic mass is 10.4. The van der Waals surface area contributed by atoms with E-state index in [0.717, 1.165) is 23.4 Å². The van der Waals surface area contributed by atoms with Crippen LogP contribution in [0.3, 0.4) is 0 Å². The zero-order chi connectivity index (χ0) is 11.4. The molecule has 0 saturated carbocycles. The van der Waals surface area contributed by atoms with Gasteiger partial charge in [0.25, 0.3) is 0 Å². The number of fused-ring (bicyclic) bond motifs is 1. The van der Waals surface area contributed by atoms with Gasteiger partial charge in [0, 0.05) is 19.3 Å². The number of nitrogens with two attached hydrogens (primary N) is 1. The van der Waals surface area contributed by atoms with Gasteiger partial charge in [0.2, 0.25) is 0 Å². The maximum Gasteiger partial charge on any atom is 0.136 e. The highest BCUT2D eigenvalue weighted by atomic mass is 16.5. The molecule has 0 atom stereocenters. The Labute approximate surface area is 94.2 Å². The molecule has 0 amide bonds. The first-order valence-corrected chi connectivity index (χ1v) is 5.43. The molecule has 0 unspecified atom stereocenters. The predicted molar refractivity (Wildman–Crippen MR) is 61.9 cm³/mol. The quantitative estimate of drug-likeness (QED) is 0.761. The smallest absolute Gasteiger partial charge is 0.136 e. The van der Waals surface area contributed by atoms with Crippen LogP contribution in [0, 0.1) is 0 Å². The highest BCUT2D eigenvalue weighted by Crippen LogP contribution is 2.15. The largest absolute Gasteiger partial charge is 0.372 e. The van der Waals surface area contributed by atoms with E-state index < -0.39 is 0 Å². The molecule has 86 valence electrons. The van der Waals surface area contributed by atoms with Crippen LogP contribution in [0.4, 0.5) is 0 Å². The monoisotopic (exact) mass is 220 g/mol. The van der Waals surface area contributed by atoms with Crippen LogP contribution in [0.25, 0.3) is 11.0 Å². The first kappa shape index (κ1) is 11.0. The Morgan fingerprint density at radius 1 is 1.50 bits per heavy atom. The van der Waals surface area contributed by atoms with Crippen molar-refractivity contribution in [3.8, 4) is 0 Å². The lowest BCUT2D eigenvalue weighted by Crippen LogP contribution is -2.10. The molecule has 2 aromatic rings. The van der Waals surface area contributed by atoms with Crippen molar-refractivity contribution >= 4 is 11.0 Å². The molecule has 0 fully saturated rings. The normalized spacial score (nSPS) is 11.1. The van der Waals surface area contributed by atoms with Gasteiger partial charge in [0.15, 0.2) is 0 Å². The summed E-state index contributed by atoms with van der Waals surface area (Å²) >= 11 is 0. The minimum absolute atomic E-state index is 0.500. The molecule has 0 aromatic carbocycles. The Morgan fingerprint density at radius 2 is 2.38 bits per heavy atom. The van der Waals surface area contributed by atoms with Crippen molar-refractivity contribution in [2.24, 2.45) is 5.73 Å². The number of nitrogens with zero attached hydrogens (tertiary/aromatic N) is 3. The van der Waals surface area contributed by atoms with Crippen LogP contribution in [0.2, 0.25) is 0 Å². The summed E-state index contributed by atoms with van der Waals surface area (Å²) in [7, 11) is 0. The van der Waals surface area contributed by atoms with E-state index >= 15 is 0 Å². The van der Waals surface area contributed by atoms with E-state index in [0.29, 0.717) is 19.8 Å². The van der Waals surface area contributed by atoms with Crippen LogP contribution in [0.5, 0.6) is 0 Å². The van der Waals surface area contributed by atoms with Crippen LogP contribution in [0.1, 0.15) is 12.7 Å². The van der Waals surface area contributed by atoms with Crippen molar-refractivity contribution in [1.29, 1.82) is 0 Å². The zero-order valence-electron chi connectivity index (χ0n) is 9.39. The van der Waals surface area contributed by atoms with E-state index in [-0.39, 0.29) is 0 Å². The Morgan fingerprint density at radius 3 is 3.12 bits per heavy atom. The number of imidazole rings is 1. The highest BCUT2D eigenvalue weighted by molar-refractivity contribution is 5.74. The number of aryl methyl sites for hydroxylation is 1. The van der Waals surface area contributed by atoms with Gasteiger partial charge >= 0.3 is 0 Å². The number of hydrogen-bond donors (Lipinski definition) is 1. The van der Waals surface area contributed by atoms with Crippen LogP contribution in [0.15, 0.2) is 18.5 Å². The van der Waals surface area contributed by atoms with Crippen molar-refractivity contribution in [2.45, 2.75) is 20.1 Å². The molecule has 2 aromatic heterocycles. The summed E-state index contributed by atoms with van der Waals surface area (Å²) in [6, 6.07) is 1.97. The second-order valence-corrected chi connectivity index (χ2v) is 3.48. The van der Waals surface area contributed by atoms with Gasteiger partial charge in [0.1, 0.15) is 17.9 Å². The molecule has 0 aliphatic rings. The summed E-state index contributed by atoms with van der Waals surface area (Å²) in [5.41, 5.74) is 7.39. The lowest BCUT2D eigenvalue weighted by Gasteiger charge is -2.05. The zero-order valence-corrected chi connectivity index (χ0v) is 9.39. The molecule has 16 heavy (non-hydrogen) atoms. The Bertz CT molecular complexity index is 466. The van der Waals surface area contributed by atoms with Gasteiger partial charge in [-0.05, 0) is 13.0 Å². The molecule has 0 bridgehead atoms. The van der Waals surface area contributed by atoms with Gasteiger partial charge in [0.05, 0.1) is 18.3 Å². The molecule has 2 N–H and O–H groups in total. The Kier molecular flexibility index (Phi) is 3.48. The molecular formula is C11H16N4O. The Balaban J connectivity index is 2.29. The summed E-state index contributed by atoms with van der Waals surface area (Å²) < 4.78 is 7.54. The summed E-state index contributed by atoms with van der Waals surface area (Å²) in [6.45, 7) is 4.56. The van der Waals surface area contributed by atoms with Gasteiger partial charge in [-0.15, -0.1) is 0 Å². The number of pyridine rings is 1. The fraction of sp³-hybridized carbons (Fsp3) is 0.455. The number of rotatable bonds is 5. The van der Waals surface area contributed by atoms with Crippen molar-refractivity contribution in [1.82, 2.24) is 14.5 Å². The van der Waals surface area contributed by atoms with Crippen LogP contribution < -0.4 is 5.73 Å². The van der Waals surface area contributed by atoms with Crippen LogP contribution in [-0.4, -0.2) is 27.7 Å². The third-order valence-corrected chi connectivity index (χ3v) is 2.44. The third-order valence-electron chi connectivity index (χ3n) is 2.44. The third kappa shape index (κ3) is 2.05. The van der Waals surface area contributed by atoms with E-state index in [9.17, 15) is 0 Å². The number of ether oxygens (including phenoxy) is 1. The average molecular weight is 220 g/mol. The minimum atomic E-state index is 0.500. The number of aromatic nitrogens is 3. The molecule has 2 rings (SSSR count). The van der Waals surface area contributed by atoms with Crippen molar-refractivity contribution in [3.63, 3.8) is 0 Å². The van der Waals surface area contributed by atoms with Gasteiger partial charge in [-0.25, -0.2) is 4.98 Å². The molecule has 0 radical (unpaired) electrons. The standard InChI is InChI=1S/C11H16N4O/c1-2-15-10-3-5-13-7-9(10)14-11(15)8-16-6-4-12/h3,5,7H,2,4,6,8,12H2,1H3. The van der Waals surface area contributed by atoms with E-state index in [1.165, 1.54) is 0 Å². The first-order valence-electron chi connectivity index (χ1n) is 5.43. The molecular weight excluding hydrogens is 204 g/mol. The van der Waals surface area contributed by atoms with Crippen molar-refractivity contribution in [3.05, 3.63) is 24.3 Å². The lowest BCUT2D eigenvalue weighted by molar-refractivity contribution is 0.120. The van der Waals surface area contributed by atoms with Crippen LogP contribution in [-0.2, 0) is 17.9 Å². The van der Waals surface area contributed by atoms with Gasteiger partial charge < -0.3 is 15.0 Å². The first-order chi connectivity index (χ1) is 7.86. The average Bonchev–Trinajstić information content (AvgIpc) is 2.67. The SMILES string of the molecule is CCn1c(COCCN)nc2cnccc21. The molecule has 0 saturated heterocycles. The molecule has 5 heteroatoms. The topological polar surface area (TPSA) is 66.0 Å². The molecule has 0 aliphatic carbocycles. The summed E-state index contributed by atoms with van der Waals surface area (Å²) in [6.07, 6.45) is 3.55. The van der Waals surface area contributed by atoms with E-state index in [2.05, 4.69) is 21.5 Å². The second kappa shape index (κ2) is 5.05. The van der Waals surface area contributed by atoms with Crippen molar-refractivity contribution in [2.75, 3.05) is 13.2 Å². The molecule has 0 spiro atoms.